The van der Waals surface area contributed by atoms with Gasteiger partial charge in [-0.1, -0.05) is 36.4 Å². The second-order valence-electron chi connectivity index (χ2n) is 13.3. The molecule has 0 radical (unpaired) electrons. The maximum absolute atomic E-state index is 12.0. The fourth-order valence-corrected chi connectivity index (χ4v) is 6.02. The van der Waals surface area contributed by atoms with E-state index in [4.69, 9.17) is 18.3 Å². The molecule has 0 unspecified atom stereocenters. The Balaban J connectivity index is 0.000000165. The zero-order chi connectivity index (χ0) is 37.2. The van der Waals surface area contributed by atoms with Crippen molar-refractivity contribution in [1.29, 1.82) is 0 Å². The standard InChI is InChI=1S/C21H22N4O3.C18H16N4O3/c1-12(2)25-21(26)28-20(24-25)16-8-7-14-5-6-15(9-17(14)16)18-10-22-11-19(23-18)27-13(3)4;1-10(2)24-16-9-19-8-15(20-16)12-4-3-11-5-6-13(14(11)7-12)17-21-22-18(23)25-17/h5-6,8-13H,7H2,1-4H3;3-4,6-10H,5H2,1-2H3,(H,22,23). The highest BCUT2D eigenvalue weighted by Gasteiger charge is 2.24. The Morgan fingerprint density at radius 2 is 1.23 bits per heavy atom. The van der Waals surface area contributed by atoms with Crippen molar-refractivity contribution < 1.29 is 18.3 Å². The van der Waals surface area contributed by atoms with E-state index in [-0.39, 0.29) is 18.2 Å². The first kappa shape index (κ1) is 35.0. The predicted molar refractivity (Wildman–Crippen MR) is 196 cm³/mol. The molecule has 8 rings (SSSR count). The average Bonchev–Trinajstić information content (AvgIpc) is 3.93. The quantitative estimate of drug-likeness (QED) is 0.179. The first-order valence-electron chi connectivity index (χ1n) is 17.3. The van der Waals surface area contributed by atoms with Crippen molar-refractivity contribution in [3.8, 4) is 34.3 Å². The Bertz CT molecular complexity index is 2470. The molecule has 14 heteroatoms. The Kier molecular flexibility index (Phi) is 9.68. The minimum atomic E-state index is -0.565. The summed E-state index contributed by atoms with van der Waals surface area (Å²) in [4.78, 5) is 40.8. The van der Waals surface area contributed by atoms with Gasteiger partial charge in [-0.05, 0) is 88.8 Å². The lowest BCUT2D eigenvalue weighted by Gasteiger charge is -2.10. The number of aromatic amines is 1. The second kappa shape index (κ2) is 14.7. The first-order valence-corrected chi connectivity index (χ1v) is 17.3. The number of nitrogens with zero attached hydrogens (tertiary/aromatic N) is 7. The van der Waals surface area contributed by atoms with E-state index in [1.54, 1.807) is 24.8 Å². The molecule has 270 valence electrons. The number of rotatable bonds is 9. The highest BCUT2D eigenvalue weighted by molar-refractivity contribution is 5.84. The van der Waals surface area contributed by atoms with Crippen LogP contribution in [0.4, 0.5) is 0 Å². The Morgan fingerprint density at radius 1 is 0.698 bits per heavy atom. The lowest BCUT2D eigenvalue weighted by Crippen LogP contribution is -2.17. The van der Waals surface area contributed by atoms with Gasteiger partial charge in [0, 0.05) is 22.3 Å². The average molecular weight is 715 g/mol. The summed E-state index contributed by atoms with van der Waals surface area (Å²) in [6.45, 7) is 11.6. The van der Waals surface area contributed by atoms with Gasteiger partial charge in [0.25, 0.3) is 0 Å². The normalized spacial score (nSPS) is 13.1. The number of fused-ring (bicyclic) bond motifs is 2. The monoisotopic (exact) mass is 714 g/mol. The molecule has 53 heavy (non-hydrogen) atoms. The van der Waals surface area contributed by atoms with Crippen molar-refractivity contribution in [1.82, 2.24) is 39.9 Å². The molecule has 0 bridgehead atoms. The number of aromatic nitrogens is 8. The molecule has 2 aromatic carbocycles. The first-order chi connectivity index (χ1) is 25.5. The zero-order valence-electron chi connectivity index (χ0n) is 30.2. The highest BCUT2D eigenvalue weighted by atomic mass is 16.5. The molecule has 0 saturated carbocycles. The Hall–Kier alpha value is -6.44. The minimum Gasteiger partial charge on any atom is -0.474 e. The minimum absolute atomic E-state index is 0.0260. The molecule has 1 N–H and O–H groups in total. The van der Waals surface area contributed by atoms with Crippen LogP contribution in [-0.4, -0.2) is 52.1 Å². The summed E-state index contributed by atoms with van der Waals surface area (Å²) in [6, 6.07) is 12.1. The number of hydrogen-bond acceptors (Lipinski definition) is 12. The van der Waals surface area contributed by atoms with Crippen LogP contribution in [0.3, 0.4) is 0 Å². The topological polar surface area (TPSA) is 177 Å². The fraction of sp³-hybridized carbons (Fsp3) is 0.282. The van der Waals surface area contributed by atoms with Crippen LogP contribution < -0.4 is 21.0 Å². The smallest absolute Gasteiger partial charge is 0.437 e. The summed E-state index contributed by atoms with van der Waals surface area (Å²) in [7, 11) is 0. The molecule has 6 aromatic rings. The lowest BCUT2D eigenvalue weighted by molar-refractivity contribution is 0.231. The van der Waals surface area contributed by atoms with Gasteiger partial charge in [-0.15, -0.1) is 10.2 Å². The van der Waals surface area contributed by atoms with Crippen LogP contribution in [0.25, 0.3) is 33.7 Å². The van der Waals surface area contributed by atoms with Crippen molar-refractivity contribution in [3.63, 3.8) is 0 Å². The van der Waals surface area contributed by atoms with Crippen LogP contribution in [0.15, 0.2) is 91.8 Å². The largest absolute Gasteiger partial charge is 0.474 e. The van der Waals surface area contributed by atoms with E-state index in [1.807, 2.05) is 84.0 Å². The van der Waals surface area contributed by atoms with Gasteiger partial charge in [0.15, 0.2) is 0 Å². The van der Waals surface area contributed by atoms with Crippen molar-refractivity contribution in [2.45, 2.75) is 72.6 Å². The lowest BCUT2D eigenvalue weighted by atomic mass is 10.0. The van der Waals surface area contributed by atoms with E-state index in [0.717, 1.165) is 68.8 Å². The van der Waals surface area contributed by atoms with E-state index >= 15 is 0 Å². The molecule has 0 atom stereocenters. The number of H-pyrrole nitrogens is 1. The van der Waals surface area contributed by atoms with E-state index in [9.17, 15) is 9.59 Å². The highest BCUT2D eigenvalue weighted by Crippen LogP contribution is 2.36. The van der Waals surface area contributed by atoms with Crippen LogP contribution in [-0.2, 0) is 12.8 Å². The third-order valence-electron chi connectivity index (χ3n) is 8.34. The summed E-state index contributed by atoms with van der Waals surface area (Å²) < 4.78 is 23.1. The van der Waals surface area contributed by atoms with Crippen LogP contribution in [0.1, 0.15) is 81.6 Å². The summed E-state index contributed by atoms with van der Waals surface area (Å²) in [5, 5.41) is 10.6. The van der Waals surface area contributed by atoms with Crippen LogP contribution in [0.5, 0.6) is 11.8 Å². The Labute approximate surface area is 304 Å². The summed E-state index contributed by atoms with van der Waals surface area (Å²) in [5.74, 6) is 0.610. The molecule has 0 fully saturated rings. The molecule has 4 heterocycles. The number of hydrogen-bond donors (Lipinski definition) is 1. The summed E-state index contributed by atoms with van der Waals surface area (Å²) in [6.07, 6.45) is 12.2. The molecule has 0 amide bonds. The number of benzene rings is 2. The molecule has 0 aliphatic heterocycles. The van der Waals surface area contributed by atoms with Gasteiger partial charge in [0.05, 0.1) is 54.4 Å². The number of allylic oxidation sites excluding steroid dienone is 2. The van der Waals surface area contributed by atoms with Crippen LogP contribution in [0, 0.1) is 0 Å². The summed E-state index contributed by atoms with van der Waals surface area (Å²) in [5.41, 5.74) is 9.17. The van der Waals surface area contributed by atoms with E-state index in [0.29, 0.717) is 23.5 Å². The maximum Gasteiger partial charge on any atom is 0.437 e. The van der Waals surface area contributed by atoms with Gasteiger partial charge in [-0.25, -0.2) is 24.7 Å². The zero-order valence-corrected chi connectivity index (χ0v) is 30.2. The second-order valence-corrected chi connectivity index (χ2v) is 13.3. The molecule has 2 aliphatic rings. The molecule has 2 aliphatic carbocycles. The van der Waals surface area contributed by atoms with Crippen molar-refractivity contribution in [3.05, 3.63) is 128 Å². The third-order valence-corrected chi connectivity index (χ3v) is 8.34. The van der Waals surface area contributed by atoms with E-state index < -0.39 is 11.5 Å². The molecule has 0 saturated heterocycles. The van der Waals surface area contributed by atoms with Gasteiger partial charge < -0.3 is 18.3 Å². The number of ether oxygens (including phenoxy) is 2. The van der Waals surface area contributed by atoms with E-state index in [1.165, 1.54) is 4.68 Å². The fourth-order valence-electron chi connectivity index (χ4n) is 6.02. The van der Waals surface area contributed by atoms with Gasteiger partial charge in [-0.3, -0.25) is 9.97 Å². The number of nitrogens with one attached hydrogen (secondary N) is 1. The van der Waals surface area contributed by atoms with Crippen LogP contribution in [0.2, 0.25) is 0 Å². The van der Waals surface area contributed by atoms with Gasteiger partial charge >= 0.3 is 11.5 Å². The third kappa shape index (κ3) is 7.61. The predicted octanol–water partition coefficient (Wildman–Crippen LogP) is 6.24. The van der Waals surface area contributed by atoms with Gasteiger partial charge in [0.2, 0.25) is 23.5 Å². The van der Waals surface area contributed by atoms with Crippen molar-refractivity contribution >= 4 is 11.1 Å². The molecule has 4 aromatic heterocycles. The SMILES string of the molecule is CC(C)Oc1cncc(-c2ccc3c(c2)C(c2n[nH]c(=O)o2)=CC3)n1.CC(C)Oc1cncc(-c2ccc3c(c2)C(c2nn(C(C)C)c(=O)o2)=CC3)n1. The molecular formula is C39H38N8O6. The molecule has 0 spiro atoms. The van der Waals surface area contributed by atoms with Crippen molar-refractivity contribution in [2.75, 3.05) is 0 Å². The molecular weight excluding hydrogens is 676 g/mol. The maximum atomic E-state index is 12.0. The van der Waals surface area contributed by atoms with Crippen molar-refractivity contribution in [2.24, 2.45) is 0 Å². The van der Waals surface area contributed by atoms with Gasteiger partial charge in [-0.2, -0.15) is 4.68 Å². The summed E-state index contributed by atoms with van der Waals surface area (Å²) >= 11 is 0. The van der Waals surface area contributed by atoms with E-state index in [2.05, 4.69) is 41.3 Å². The molecule has 14 nitrogen and oxygen atoms in total. The van der Waals surface area contributed by atoms with Crippen LogP contribution >= 0.6 is 0 Å². The van der Waals surface area contributed by atoms with Gasteiger partial charge in [0.1, 0.15) is 0 Å². The Morgan fingerprint density at radius 3 is 1.68 bits per heavy atom.